The van der Waals surface area contributed by atoms with Gasteiger partial charge in [-0.05, 0) is 36.8 Å². The van der Waals surface area contributed by atoms with E-state index in [0.717, 1.165) is 16.8 Å². The van der Waals surface area contributed by atoms with Crippen molar-refractivity contribution < 1.29 is 13.9 Å². The van der Waals surface area contributed by atoms with Crippen LogP contribution in [-0.2, 0) is 11.2 Å². The molecule has 0 aliphatic heterocycles. The molecule has 1 amide bonds. The molecule has 118 valence electrons. The molecule has 0 fully saturated rings. The first kappa shape index (κ1) is 15.1. The van der Waals surface area contributed by atoms with Crippen LogP contribution in [0.4, 0.5) is 5.69 Å². The van der Waals surface area contributed by atoms with Crippen molar-refractivity contribution in [2.24, 2.45) is 0 Å². The molecule has 0 aliphatic rings. The summed E-state index contributed by atoms with van der Waals surface area (Å²) in [6.07, 6.45) is 0.305. The van der Waals surface area contributed by atoms with Crippen molar-refractivity contribution in [1.29, 1.82) is 0 Å². The number of nitrogens with one attached hydrogen (secondary N) is 1. The second-order valence-electron chi connectivity index (χ2n) is 5.22. The Morgan fingerprint density at radius 2 is 2.00 bits per heavy atom. The van der Waals surface area contributed by atoms with Crippen molar-refractivity contribution in [3.63, 3.8) is 0 Å². The number of carbonyl (C=O) groups excluding carboxylic acids is 1. The van der Waals surface area contributed by atoms with Gasteiger partial charge in [0.2, 0.25) is 5.91 Å². The lowest BCUT2D eigenvalue weighted by Crippen LogP contribution is -2.14. The highest BCUT2D eigenvalue weighted by Crippen LogP contribution is 2.20. The number of hydrogen-bond donors (Lipinski definition) is 1. The quantitative estimate of drug-likeness (QED) is 0.780. The van der Waals surface area contributed by atoms with Gasteiger partial charge >= 0.3 is 0 Å². The van der Waals surface area contributed by atoms with Gasteiger partial charge in [-0.2, -0.15) is 0 Å². The van der Waals surface area contributed by atoms with E-state index in [1.54, 1.807) is 13.0 Å². The molecule has 0 atom stereocenters. The highest BCUT2D eigenvalue weighted by Gasteiger charge is 2.07. The first-order valence-corrected chi connectivity index (χ1v) is 7.53. The van der Waals surface area contributed by atoms with Gasteiger partial charge in [0.1, 0.15) is 11.3 Å². The Kier molecular flexibility index (Phi) is 4.28. The molecule has 2 aromatic carbocycles. The maximum atomic E-state index is 12.1. The first-order chi connectivity index (χ1) is 11.1. The highest BCUT2D eigenvalue weighted by atomic mass is 16.5. The van der Waals surface area contributed by atoms with Crippen LogP contribution in [0.15, 0.2) is 46.9 Å². The van der Waals surface area contributed by atoms with Crippen LogP contribution in [0, 0.1) is 6.92 Å². The number of amides is 1. The molecular formula is C18H18N2O3. The molecule has 5 nitrogen and oxygen atoms in total. The maximum absolute atomic E-state index is 12.1. The molecule has 0 aliphatic carbocycles. The largest absolute Gasteiger partial charge is 0.494 e. The number of benzene rings is 2. The molecule has 1 aromatic heterocycles. The standard InChI is InChI=1S/C18H18N2O3/c1-3-22-15-7-4-13(5-8-15)10-18(21)20-14-6-9-16-17(11-14)23-12(2)19-16/h4-9,11H,3,10H2,1-2H3,(H,20,21). The Bertz CT molecular complexity index is 822. The number of rotatable bonds is 5. The zero-order valence-electron chi connectivity index (χ0n) is 13.1. The summed E-state index contributed by atoms with van der Waals surface area (Å²) in [7, 11) is 0. The molecule has 0 bridgehead atoms. The first-order valence-electron chi connectivity index (χ1n) is 7.53. The topological polar surface area (TPSA) is 64.4 Å². The Morgan fingerprint density at radius 3 is 2.74 bits per heavy atom. The van der Waals surface area contributed by atoms with Crippen LogP contribution in [0.3, 0.4) is 0 Å². The molecule has 1 heterocycles. The molecule has 0 spiro atoms. The van der Waals surface area contributed by atoms with Crippen LogP contribution in [0.1, 0.15) is 18.4 Å². The molecule has 3 aromatic rings. The van der Waals surface area contributed by atoms with E-state index in [9.17, 15) is 4.79 Å². The number of aryl methyl sites for hydroxylation is 1. The van der Waals surface area contributed by atoms with E-state index < -0.39 is 0 Å². The smallest absolute Gasteiger partial charge is 0.228 e. The third-order valence-electron chi connectivity index (χ3n) is 3.38. The highest BCUT2D eigenvalue weighted by molar-refractivity contribution is 5.94. The number of hydrogen-bond acceptors (Lipinski definition) is 4. The van der Waals surface area contributed by atoms with Crippen LogP contribution in [0.25, 0.3) is 11.1 Å². The lowest BCUT2D eigenvalue weighted by atomic mass is 10.1. The summed E-state index contributed by atoms with van der Waals surface area (Å²) in [4.78, 5) is 16.4. The molecule has 3 rings (SSSR count). The molecule has 0 saturated carbocycles. The number of carbonyl (C=O) groups is 1. The third kappa shape index (κ3) is 3.69. The van der Waals surface area contributed by atoms with Crippen molar-refractivity contribution >= 4 is 22.7 Å². The van der Waals surface area contributed by atoms with Gasteiger partial charge < -0.3 is 14.5 Å². The zero-order chi connectivity index (χ0) is 16.2. The molecule has 1 N–H and O–H groups in total. The third-order valence-corrected chi connectivity index (χ3v) is 3.38. The lowest BCUT2D eigenvalue weighted by Gasteiger charge is -2.06. The second kappa shape index (κ2) is 6.52. The van der Waals surface area contributed by atoms with Gasteiger partial charge in [-0.1, -0.05) is 12.1 Å². The SMILES string of the molecule is CCOc1ccc(CC(=O)Nc2ccc3nc(C)oc3c2)cc1. The van der Waals surface area contributed by atoms with E-state index in [-0.39, 0.29) is 5.91 Å². The Hall–Kier alpha value is -2.82. The number of anilines is 1. The summed E-state index contributed by atoms with van der Waals surface area (Å²) in [5.41, 5.74) is 3.08. The van der Waals surface area contributed by atoms with E-state index in [0.29, 0.717) is 30.2 Å². The van der Waals surface area contributed by atoms with Gasteiger partial charge in [-0.15, -0.1) is 0 Å². The predicted molar refractivity (Wildman–Crippen MR) is 88.7 cm³/mol. The minimum Gasteiger partial charge on any atom is -0.494 e. The normalized spacial score (nSPS) is 10.7. The summed E-state index contributed by atoms with van der Waals surface area (Å²) in [6, 6.07) is 13.0. The fraction of sp³-hybridized carbons (Fsp3) is 0.222. The van der Waals surface area contributed by atoms with Crippen molar-refractivity contribution in [2.75, 3.05) is 11.9 Å². The van der Waals surface area contributed by atoms with E-state index >= 15 is 0 Å². The van der Waals surface area contributed by atoms with E-state index in [1.807, 2.05) is 43.3 Å². The number of oxazole rings is 1. The molecular weight excluding hydrogens is 292 g/mol. The lowest BCUT2D eigenvalue weighted by molar-refractivity contribution is -0.115. The van der Waals surface area contributed by atoms with Crippen LogP contribution >= 0.6 is 0 Å². The number of ether oxygens (including phenoxy) is 1. The average Bonchev–Trinajstić information content (AvgIpc) is 2.89. The minimum atomic E-state index is -0.0789. The van der Waals surface area contributed by atoms with Crippen LogP contribution in [0.5, 0.6) is 5.75 Å². The van der Waals surface area contributed by atoms with Gasteiger partial charge in [0.05, 0.1) is 13.0 Å². The van der Waals surface area contributed by atoms with E-state index in [2.05, 4.69) is 10.3 Å². The van der Waals surface area contributed by atoms with Crippen molar-refractivity contribution in [1.82, 2.24) is 4.98 Å². The van der Waals surface area contributed by atoms with Gasteiger partial charge in [0.25, 0.3) is 0 Å². The van der Waals surface area contributed by atoms with E-state index in [1.165, 1.54) is 0 Å². The van der Waals surface area contributed by atoms with Crippen molar-refractivity contribution in [3.05, 3.63) is 53.9 Å². The van der Waals surface area contributed by atoms with Gasteiger partial charge in [-0.3, -0.25) is 4.79 Å². The second-order valence-corrected chi connectivity index (χ2v) is 5.22. The summed E-state index contributed by atoms with van der Waals surface area (Å²) < 4.78 is 10.9. The predicted octanol–water partition coefficient (Wildman–Crippen LogP) is 3.72. The minimum absolute atomic E-state index is 0.0789. The van der Waals surface area contributed by atoms with Crippen molar-refractivity contribution in [3.8, 4) is 5.75 Å². The monoisotopic (exact) mass is 310 g/mol. The summed E-state index contributed by atoms with van der Waals surface area (Å²) in [5.74, 6) is 1.34. The molecule has 5 heteroatoms. The van der Waals surface area contributed by atoms with Crippen LogP contribution in [0.2, 0.25) is 0 Å². The Balaban J connectivity index is 1.65. The number of aromatic nitrogens is 1. The summed E-state index contributed by atoms with van der Waals surface area (Å²) in [5, 5.41) is 2.87. The fourth-order valence-corrected chi connectivity index (χ4v) is 2.38. The maximum Gasteiger partial charge on any atom is 0.228 e. The fourth-order valence-electron chi connectivity index (χ4n) is 2.38. The Labute approximate surface area is 134 Å². The van der Waals surface area contributed by atoms with Gasteiger partial charge in [-0.25, -0.2) is 4.98 Å². The van der Waals surface area contributed by atoms with Crippen LogP contribution in [-0.4, -0.2) is 17.5 Å². The van der Waals surface area contributed by atoms with Crippen molar-refractivity contribution in [2.45, 2.75) is 20.3 Å². The molecule has 23 heavy (non-hydrogen) atoms. The molecule has 0 radical (unpaired) electrons. The van der Waals surface area contributed by atoms with Crippen LogP contribution < -0.4 is 10.1 Å². The zero-order valence-corrected chi connectivity index (χ0v) is 13.1. The summed E-state index contributed by atoms with van der Waals surface area (Å²) in [6.45, 7) is 4.36. The molecule has 0 saturated heterocycles. The molecule has 0 unspecified atom stereocenters. The summed E-state index contributed by atoms with van der Waals surface area (Å²) >= 11 is 0. The van der Waals surface area contributed by atoms with E-state index in [4.69, 9.17) is 9.15 Å². The number of fused-ring (bicyclic) bond motifs is 1. The average molecular weight is 310 g/mol. The van der Waals surface area contributed by atoms with Gasteiger partial charge in [0.15, 0.2) is 11.5 Å². The van der Waals surface area contributed by atoms with Gasteiger partial charge in [0, 0.05) is 18.7 Å². The number of nitrogens with zero attached hydrogens (tertiary/aromatic N) is 1. The Morgan fingerprint density at radius 1 is 1.22 bits per heavy atom.